The third-order valence-corrected chi connectivity index (χ3v) is 13.3. The number of nitrogens with zero attached hydrogens (tertiary/aromatic N) is 5. The highest BCUT2D eigenvalue weighted by molar-refractivity contribution is 6.25. The van der Waals surface area contributed by atoms with Gasteiger partial charge >= 0.3 is 0 Å². The van der Waals surface area contributed by atoms with Crippen molar-refractivity contribution in [2.75, 3.05) is 7.05 Å². The number of para-hydroxylation sites is 2. The Morgan fingerprint density at radius 2 is 1.06 bits per heavy atom. The average Bonchev–Trinajstić information content (AvgIpc) is 3.88. The molecular weight excluding hydrogens is 791 g/mol. The third kappa shape index (κ3) is 5.93. The molecule has 12 aromatic rings. The summed E-state index contributed by atoms with van der Waals surface area (Å²) >= 11 is 0. The van der Waals surface area contributed by atoms with E-state index in [9.17, 15) is 0 Å². The zero-order valence-corrected chi connectivity index (χ0v) is 35.7. The first-order valence-electron chi connectivity index (χ1n) is 22.2. The lowest BCUT2D eigenvalue weighted by atomic mass is 10.0. The van der Waals surface area contributed by atoms with Gasteiger partial charge in [0, 0.05) is 50.8 Å². The molecule has 0 aliphatic carbocycles. The highest BCUT2D eigenvalue weighted by Crippen LogP contribution is 2.43. The number of fused-ring (bicyclic) bond motifs is 9. The number of benzene rings is 10. The minimum absolute atomic E-state index is 0.276. The SMILES string of the molecule is CN1C(c2ccccc2)=NC(c2ccc3c(-n4c5ccccc5c5cc6c7c8ccccc8ccc7n(-c7ccccc7)c6cc54)cccc3c2)=NC1c1cccc(-c2ccccc2)c1. The van der Waals surface area contributed by atoms with Crippen molar-refractivity contribution in [2.45, 2.75) is 6.17 Å². The van der Waals surface area contributed by atoms with Gasteiger partial charge in [-0.05, 0) is 87.4 Å². The molecule has 0 saturated carbocycles. The van der Waals surface area contributed by atoms with Crippen LogP contribution in [0.1, 0.15) is 22.9 Å². The molecular formula is C60H41N5. The lowest BCUT2D eigenvalue weighted by Gasteiger charge is -2.32. The van der Waals surface area contributed by atoms with E-state index in [-0.39, 0.29) is 6.17 Å². The number of amidine groups is 2. The largest absolute Gasteiger partial charge is 0.333 e. The molecule has 5 heteroatoms. The van der Waals surface area contributed by atoms with E-state index in [1.807, 2.05) is 6.07 Å². The van der Waals surface area contributed by atoms with Crippen LogP contribution in [0.5, 0.6) is 0 Å². The van der Waals surface area contributed by atoms with Crippen LogP contribution in [0.2, 0.25) is 0 Å². The molecule has 1 aliphatic heterocycles. The molecule has 2 aromatic heterocycles. The van der Waals surface area contributed by atoms with Crippen molar-refractivity contribution in [3.63, 3.8) is 0 Å². The maximum absolute atomic E-state index is 5.42. The van der Waals surface area contributed by atoms with Gasteiger partial charge in [0.05, 0.1) is 27.8 Å². The standard InChI is InChI=1S/C60H41N5/c1-63-59(41-20-7-3-8-21-41)61-58(62-60(63)45-24-15-22-42(35-45)39-17-5-2-6-18-39)44-31-33-47-43(36-44)23-16-30-52(47)65-53-29-14-13-28-49(53)50-37-51-56(38-55(50)65)64(46-25-9-4-10-26-46)54-34-32-40-19-11-12-27-48(40)57(51)54/h2-38,60H,1H3. The van der Waals surface area contributed by atoms with Crippen LogP contribution in [0.25, 0.3) is 87.7 Å². The van der Waals surface area contributed by atoms with Gasteiger partial charge in [-0.1, -0.05) is 170 Å². The number of aliphatic imine (C=N–C) groups is 2. The molecule has 65 heavy (non-hydrogen) atoms. The molecule has 1 aliphatic rings. The second-order valence-corrected chi connectivity index (χ2v) is 17.0. The Balaban J connectivity index is 1.00. The van der Waals surface area contributed by atoms with Crippen LogP contribution in [0, 0.1) is 0 Å². The Labute approximate surface area is 376 Å². The Morgan fingerprint density at radius 3 is 1.89 bits per heavy atom. The van der Waals surface area contributed by atoms with Gasteiger partial charge < -0.3 is 14.0 Å². The molecule has 0 fully saturated rings. The lowest BCUT2D eigenvalue weighted by Crippen LogP contribution is -2.35. The zero-order valence-electron chi connectivity index (χ0n) is 35.7. The van der Waals surface area contributed by atoms with Crippen molar-refractivity contribution in [3.05, 3.63) is 241 Å². The topological polar surface area (TPSA) is 37.8 Å². The van der Waals surface area contributed by atoms with Crippen LogP contribution in [-0.4, -0.2) is 32.8 Å². The van der Waals surface area contributed by atoms with Gasteiger partial charge in [-0.15, -0.1) is 0 Å². The normalized spacial score (nSPS) is 14.2. The van der Waals surface area contributed by atoms with Crippen molar-refractivity contribution >= 4 is 76.8 Å². The number of aromatic nitrogens is 2. The van der Waals surface area contributed by atoms with E-state index in [4.69, 9.17) is 9.98 Å². The van der Waals surface area contributed by atoms with Gasteiger partial charge in [0.25, 0.3) is 0 Å². The van der Waals surface area contributed by atoms with Crippen LogP contribution in [0.4, 0.5) is 0 Å². The van der Waals surface area contributed by atoms with Crippen LogP contribution in [0.3, 0.4) is 0 Å². The molecule has 306 valence electrons. The lowest BCUT2D eigenvalue weighted by molar-refractivity contribution is 0.383. The van der Waals surface area contributed by atoms with Gasteiger partial charge in [0.1, 0.15) is 5.84 Å². The molecule has 0 spiro atoms. The summed E-state index contributed by atoms with van der Waals surface area (Å²) in [6.45, 7) is 0. The van der Waals surface area contributed by atoms with E-state index in [0.29, 0.717) is 5.84 Å². The summed E-state index contributed by atoms with van der Waals surface area (Å²) in [5.74, 6) is 1.60. The molecule has 0 bridgehead atoms. The predicted molar refractivity (Wildman–Crippen MR) is 272 cm³/mol. The number of hydrogen-bond donors (Lipinski definition) is 0. The smallest absolute Gasteiger partial charge is 0.159 e. The quantitative estimate of drug-likeness (QED) is 0.164. The van der Waals surface area contributed by atoms with E-state index >= 15 is 0 Å². The van der Waals surface area contributed by atoms with E-state index < -0.39 is 0 Å². The first kappa shape index (κ1) is 37.1. The van der Waals surface area contributed by atoms with E-state index in [0.717, 1.165) is 55.8 Å². The summed E-state index contributed by atoms with van der Waals surface area (Å²) < 4.78 is 4.90. The molecule has 0 N–H and O–H groups in total. The number of rotatable bonds is 6. The molecule has 1 atom stereocenters. The van der Waals surface area contributed by atoms with Crippen LogP contribution in [-0.2, 0) is 0 Å². The fraction of sp³-hybridized carbons (Fsp3) is 0.0333. The minimum Gasteiger partial charge on any atom is -0.333 e. The maximum Gasteiger partial charge on any atom is 0.159 e. The predicted octanol–water partition coefficient (Wildman–Crippen LogP) is 14.7. The van der Waals surface area contributed by atoms with Crippen molar-refractivity contribution < 1.29 is 0 Å². The van der Waals surface area contributed by atoms with E-state index in [1.165, 1.54) is 54.4 Å². The van der Waals surface area contributed by atoms with Crippen molar-refractivity contribution in [3.8, 4) is 22.5 Å². The Kier molecular flexibility index (Phi) is 8.43. The molecule has 5 nitrogen and oxygen atoms in total. The third-order valence-electron chi connectivity index (χ3n) is 13.3. The van der Waals surface area contributed by atoms with Crippen LogP contribution < -0.4 is 0 Å². The molecule has 0 radical (unpaired) electrons. The van der Waals surface area contributed by atoms with E-state index in [2.05, 4.69) is 239 Å². The van der Waals surface area contributed by atoms with Gasteiger partial charge in [-0.25, -0.2) is 9.98 Å². The fourth-order valence-electron chi connectivity index (χ4n) is 10.3. The Bertz CT molecular complexity index is 3900. The molecule has 3 heterocycles. The molecule has 0 amide bonds. The highest BCUT2D eigenvalue weighted by Gasteiger charge is 2.28. The van der Waals surface area contributed by atoms with Crippen LogP contribution >= 0.6 is 0 Å². The van der Waals surface area contributed by atoms with Crippen molar-refractivity contribution in [1.82, 2.24) is 14.0 Å². The molecule has 0 saturated heterocycles. The Morgan fingerprint density at radius 1 is 0.385 bits per heavy atom. The summed E-state index contributed by atoms with van der Waals surface area (Å²) in [6, 6.07) is 80.9. The summed E-state index contributed by atoms with van der Waals surface area (Å²) in [6.07, 6.45) is -0.276. The monoisotopic (exact) mass is 831 g/mol. The van der Waals surface area contributed by atoms with Crippen molar-refractivity contribution in [1.29, 1.82) is 0 Å². The summed E-state index contributed by atoms with van der Waals surface area (Å²) in [4.78, 5) is 12.9. The zero-order chi connectivity index (χ0) is 43.0. The van der Waals surface area contributed by atoms with Gasteiger partial charge in [0.2, 0.25) is 0 Å². The van der Waals surface area contributed by atoms with Gasteiger partial charge in [-0.3, -0.25) is 0 Å². The minimum atomic E-state index is -0.276. The molecule has 1 unspecified atom stereocenters. The Hall–Kier alpha value is -8.54. The van der Waals surface area contributed by atoms with Crippen molar-refractivity contribution in [2.24, 2.45) is 9.98 Å². The fourth-order valence-corrected chi connectivity index (χ4v) is 10.3. The first-order chi connectivity index (χ1) is 32.2. The average molecular weight is 832 g/mol. The second-order valence-electron chi connectivity index (χ2n) is 17.0. The second kappa shape index (κ2) is 14.8. The van der Waals surface area contributed by atoms with Gasteiger partial charge in [-0.2, -0.15) is 0 Å². The summed E-state index contributed by atoms with van der Waals surface area (Å²) in [7, 11) is 2.10. The summed E-state index contributed by atoms with van der Waals surface area (Å²) in [5.41, 5.74) is 12.5. The van der Waals surface area contributed by atoms with Gasteiger partial charge in [0.15, 0.2) is 12.0 Å². The highest BCUT2D eigenvalue weighted by atomic mass is 15.3. The summed E-state index contributed by atoms with van der Waals surface area (Å²) in [5, 5.41) is 9.76. The van der Waals surface area contributed by atoms with Crippen LogP contribution in [0.15, 0.2) is 234 Å². The first-order valence-corrected chi connectivity index (χ1v) is 22.2. The maximum atomic E-state index is 5.42. The number of hydrogen-bond acceptors (Lipinski definition) is 3. The van der Waals surface area contributed by atoms with E-state index in [1.54, 1.807) is 0 Å². The molecule has 13 rings (SSSR count). The molecule has 10 aromatic carbocycles.